The fraction of sp³-hybridized carbons (Fsp3) is 0.263. The first-order chi connectivity index (χ1) is 12.5. The molecule has 5 nitrogen and oxygen atoms in total. The van der Waals surface area contributed by atoms with E-state index in [9.17, 15) is 14.0 Å². The lowest BCUT2D eigenvalue weighted by Gasteiger charge is -2.08. The summed E-state index contributed by atoms with van der Waals surface area (Å²) in [5.41, 5.74) is 0.603. The maximum atomic E-state index is 13.0. The van der Waals surface area contributed by atoms with Gasteiger partial charge in [-0.1, -0.05) is 23.7 Å². The van der Waals surface area contributed by atoms with Crippen molar-refractivity contribution in [3.05, 3.63) is 64.9 Å². The van der Waals surface area contributed by atoms with Gasteiger partial charge in [0.2, 0.25) is 11.8 Å². The van der Waals surface area contributed by atoms with Crippen molar-refractivity contribution in [3.8, 4) is 5.75 Å². The van der Waals surface area contributed by atoms with Gasteiger partial charge in [0.15, 0.2) is 0 Å². The number of nitrogens with one attached hydrogen (secondary N) is 2. The molecule has 0 aromatic heterocycles. The van der Waals surface area contributed by atoms with Crippen molar-refractivity contribution in [1.82, 2.24) is 10.6 Å². The molecule has 0 radical (unpaired) electrons. The van der Waals surface area contributed by atoms with Gasteiger partial charge in [-0.25, -0.2) is 4.39 Å². The molecule has 0 aliphatic rings. The van der Waals surface area contributed by atoms with E-state index in [0.717, 1.165) is 0 Å². The van der Waals surface area contributed by atoms with Crippen LogP contribution in [0.15, 0.2) is 48.5 Å². The molecule has 2 aromatic rings. The van der Waals surface area contributed by atoms with Gasteiger partial charge in [-0.05, 0) is 42.0 Å². The number of benzene rings is 2. The third-order valence-corrected chi connectivity index (χ3v) is 3.69. The smallest absolute Gasteiger partial charge is 0.224 e. The topological polar surface area (TPSA) is 67.4 Å². The number of carbonyl (C=O) groups is 2. The zero-order valence-corrected chi connectivity index (χ0v) is 14.9. The first-order valence-corrected chi connectivity index (χ1v) is 8.57. The van der Waals surface area contributed by atoms with E-state index in [0.29, 0.717) is 29.4 Å². The molecule has 0 aliphatic heterocycles. The Morgan fingerprint density at radius 3 is 2.38 bits per heavy atom. The Labute approximate surface area is 156 Å². The largest absolute Gasteiger partial charge is 0.493 e. The SMILES string of the molecule is O=C(CCOc1ccc(Cl)cc1)NCCNC(=O)Cc1cccc(F)c1. The summed E-state index contributed by atoms with van der Waals surface area (Å²) in [6, 6.07) is 12.8. The van der Waals surface area contributed by atoms with Crippen LogP contribution in [-0.4, -0.2) is 31.5 Å². The quantitative estimate of drug-likeness (QED) is 0.659. The summed E-state index contributed by atoms with van der Waals surface area (Å²) in [6.45, 7) is 0.867. The third kappa shape index (κ3) is 7.53. The second-order valence-electron chi connectivity index (χ2n) is 5.56. The third-order valence-electron chi connectivity index (χ3n) is 3.43. The van der Waals surface area contributed by atoms with E-state index in [4.69, 9.17) is 16.3 Å². The number of rotatable bonds is 9. The van der Waals surface area contributed by atoms with Gasteiger partial charge >= 0.3 is 0 Å². The molecule has 0 spiro atoms. The van der Waals surface area contributed by atoms with Crippen LogP contribution in [0, 0.1) is 5.82 Å². The Balaban J connectivity index is 1.55. The fourth-order valence-corrected chi connectivity index (χ4v) is 2.31. The monoisotopic (exact) mass is 378 g/mol. The molecule has 2 rings (SSSR count). The predicted octanol–water partition coefficient (Wildman–Crippen LogP) is 2.72. The summed E-state index contributed by atoms with van der Waals surface area (Å²) in [6.07, 6.45) is 0.306. The van der Waals surface area contributed by atoms with Crippen LogP contribution < -0.4 is 15.4 Å². The van der Waals surface area contributed by atoms with Crippen molar-refractivity contribution < 1.29 is 18.7 Å². The molecule has 7 heteroatoms. The fourth-order valence-electron chi connectivity index (χ4n) is 2.18. The summed E-state index contributed by atoms with van der Waals surface area (Å²) >= 11 is 5.78. The molecule has 2 aromatic carbocycles. The van der Waals surface area contributed by atoms with Crippen LogP contribution in [0.3, 0.4) is 0 Å². The molecule has 2 amide bonds. The highest BCUT2D eigenvalue weighted by atomic mass is 35.5. The second-order valence-corrected chi connectivity index (χ2v) is 6.00. The Bertz CT molecular complexity index is 738. The highest BCUT2D eigenvalue weighted by Crippen LogP contribution is 2.15. The van der Waals surface area contributed by atoms with Gasteiger partial charge < -0.3 is 15.4 Å². The Kier molecular flexibility index (Phi) is 7.89. The number of hydrogen-bond acceptors (Lipinski definition) is 3. The number of carbonyl (C=O) groups excluding carboxylic acids is 2. The highest BCUT2D eigenvalue weighted by Gasteiger charge is 2.05. The first-order valence-electron chi connectivity index (χ1n) is 8.19. The molecule has 0 saturated carbocycles. The molecule has 138 valence electrons. The molecule has 0 unspecified atom stereocenters. The summed E-state index contributed by atoms with van der Waals surface area (Å²) < 4.78 is 18.5. The van der Waals surface area contributed by atoms with Crippen molar-refractivity contribution in [2.75, 3.05) is 19.7 Å². The van der Waals surface area contributed by atoms with Gasteiger partial charge in [-0.15, -0.1) is 0 Å². The first kappa shape index (κ1) is 19.7. The van der Waals surface area contributed by atoms with Gasteiger partial charge in [-0.3, -0.25) is 9.59 Å². The van der Waals surface area contributed by atoms with Gasteiger partial charge in [-0.2, -0.15) is 0 Å². The number of hydrogen-bond donors (Lipinski definition) is 2. The zero-order chi connectivity index (χ0) is 18.8. The molecular weight excluding hydrogens is 359 g/mol. The van der Waals surface area contributed by atoms with Crippen LogP contribution >= 0.6 is 11.6 Å². The van der Waals surface area contributed by atoms with Crippen molar-refractivity contribution in [1.29, 1.82) is 0 Å². The van der Waals surface area contributed by atoms with Gasteiger partial charge in [0.25, 0.3) is 0 Å². The Morgan fingerprint density at radius 2 is 1.69 bits per heavy atom. The molecule has 26 heavy (non-hydrogen) atoms. The van der Waals surface area contributed by atoms with E-state index in [-0.39, 0.29) is 37.1 Å². The molecular formula is C19H20ClFN2O3. The maximum absolute atomic E-state index is 13.0. The van der Waals surface area contributed by atoms with Crippen molar-refractivity contribution in [2.45, 2.75) is 12.8 Å². The molecule has 0 heterocycles. The van der Waals surface area contributed by atoms with E-state index in [1.807, 2.05) is 0 Å². The predicted molar refractivity (Wildman–Crippen MR) is 97.7 cm³/mol. The van der Waals surface area contributed by atoms with E-state index < -0.39 is 0 Å². The van der Waals surface area contributed by atoms with Crippen LogP contribution in [0.2, 0.25) is 5.02 Å². The lowest BCUT2D eigenvalue weighted by Crippen LogP contribution is -2.35. The van der Waals surface area contributed by atoms with E-state index in [2.05, 4.69) is 10.6 Å². The van der Waals surface area contributed by atoms with Crippen LogP contribution in [0.5, 0.6) is 5.75 Å². The normalized spacial score (nSPS) is 10.2. The molecule has 0 bridgehead atoms. The maximum Gasteiger partial charge on any atom is 0.224 e. The van der Waals surface area contributed by atoms with Crippen LogP contribution in [0.4, 0.5) is 4.39 Å². The van der Waals surface area contributed by atoms with Crippen LogP contribution in [-0.2, 0) is 16.0 Å². The highest BCUT2D eigenvalue weighted by molar-refractivity contribution is 6.30. The van der Waals surface area contributed by atoms with E-state index in [1.54, 1.807) is 36.4 Å². The van der Waals surface area contributed by atoms with Gasteiger partial charge in [0.05, 0.1) is 19.4 Å². The summed E-state index contributed by atoms with van der Waals surface area (Å²) in [7, 11) is 0. The zero-order valence-electron chi connectivity index (χ0n) is 14.1. The number of amides is 2. The van der Waals surface area contributed by atoms with Crippen molar-refractivity contribution in [2.24, 2.45) is 0 Å². The number of ether oxygens (including phenoxy) is 1. The standard InChI is InChI=1S/C19H20ClFN2O3/c20-15-4-6-17(7-5-15)26-11-8-18(24)22-9-10-23-19(25)13-14-2-1-3-16(21)12-14/h1-7,12H,8-11,13H2,(H,22,24)(H,23,25). The summed E-state index contributed by atoms with van der Waals surface area (Å²) in [5.74, 6) is -0.121. The van der Waals surface area contributed by atoms with Gasteiger partial charge in [0, 0.05) is 18.1 Å². The Morgan fingerprint density at radius 1 is 1.00 bits per heavy atom. The van der Waals surface area contributed by atoms with Crippen molar-refractivity contribution in [3.63, 3.8) is 0 Å². The lowest BCUT2D eigenvalue weighted by molar-refractivity contribution is -0.122. The van der Waals surface area contributed by atoms with E-state index in [1.165, 1.54) is 12.1 Å². The average molecular weight is 379 g/mol. The molecule has 0 atom stereocenters. The average Bonchev–Trinajstić information content (AvgIpc) is 2.60. The van der Waals surface area contributed by atoms with E-state index >= 15 is 0 Å². The van der Waals surface area contributed by atoms with Crippen LogP contribution in [0.1, 0.15) is 12.0 Å². The molecule has 0 fully saturated rings. The minimum absolute atomic E-state index is 0.0979. The van der Waals surface area contributed by atoms with Crippen LogP contribution in [0.25, 0.3) is 0 Å². The lowest BCUT2D eigenvalue weighted by atomic mass is 10.1. The molecule has 0 aliphatic carbocycles. The molecule has 0 saturated heterocycles. The van der Waals surface area contributed by atoms with Crippen molar-refractivity contribution >= 4 is 23.4 Å². The molecule has 2 N–H and O–H groups in total. The van der Waals surface area contributed by atoms with Gasteiger partial charge in [0.1, 0.15) is 11.6 Å². The minimum atomic E-state index is -0.372. The summed E-state index contributed by atoms with van der Waals surface area (Å²) in [4.78, 5) is 23.4. The number of halogens is 2. The second kappa shape index (κ2) is 10.4. The Hall–Kier alpha value is -2.60. The minimum Gasteiger partial charge on any atom is -0.493 e. The summed E-state index contributed by atoms with van der Waals surface area (Å²) in [5, 5.41) is 5.98.